The van der Waals surface area contributed by atoms with Crippen molar-refractivity contribution < 1.29 is 4.39 Å². The van der Waals surface area contributed by atoms with Gasteiger partial charge in [-0.15, -0.1) is 0 Å². The quantitative estimate of drug-likeness (QED) is 0.389. The van der Waals surface area contributed by atoms with E-state index in [1.54, 1.807) is 0 Å². The maximum Gasteiger partial charge on any atom is 0.129 e. The summed E-state index contributed by atoms with van der Waals surface area (Å²) < 4.78 is 13.4. The second kappa shape index (κ2) is 10.6. The summed E-state index contributed by atoms with van der Waals surface area (Å²) in [6.07, 6.45) is 0. The Balaban J connectivity index is 0.000000303. The van der Waals surface area contributed by atoms with Gasteiger partial charge in [-0.05, 0) is 187 Å². The SMILES string of the molecule is Cc1c(C)c(C)c(F)c(C)c1C.Cc1c(C)c(C)c(Nc2c(C)c(C)c(C)c(C)c2C)c(C)c1C. The van der Waals surface area contributed by atoms with Crippen LogP contribution in [-0.2, 0) is 0 Å². The zero-order valence-electron chi connectivity index (χ0n) is 24.9. The van der Waals surface area contributed by atoms with E-state index in [9.17, 15) is 4.39 Å². The van der Waals surface area contributed by atoms with Crippen LogP contribution in [0.4, 0.5) is 15.8 Å². The van der Waals surface area contributed by atoms with Crippen molar-refractivity contribution in [2.45, 2.75) is 104 Å². The Kier molecular flexibility index (Phi) is 8.64. The van der Waals surface area contributed by atoms with Crippen molar-refractivity contribution in [3.63, 3.8) is 0 Å². The first-order valence-electron chi connectivity index (χ1n) is 12.7. The van der Waals surface area contributed by atoms with Gasteiger partial charge in [0.1, 0.15) is 5.82 Å². The third-order valence-corrected chi connectivity index (χ3v) is 9.16. The van der Waals surface area contributed by atoms with E-state index in [-0.39, 0.29) is 5.82 Å². The van der Waals surface area contributed by atoms with Crippen molar-refractivity contribution >= 4 is 11.4 Å². The molecule has 0 saturated carbocycles. The van der Waals surface area contributed by atoms with Crippen molar-refractivity contribution in [2.24, 2.45) is 0 Å². The molecule has 0 fully saturated rings. The highest BCUT2D eigenvalue weighted by molar-refractivity contribution is 5.76. The fourth-order valence-electron chi connectivity index (χ4n) is 4.95. The van der Waals surface area contributed by atoms with Crippen LogP contribution in [-0.4, -0.2) is 0 Å². The maximum atomic E-state index is 13.4. The van der Waals surface area contributed by atoms with Crippen LogP contribution in [0.15, 0.2) is 0 Å². The van der Waals surface area contributed by atoms with Crippen molar-refractivity contribution in [3.05, 3.63) is 89.3 Å². The third kappa shape index (κ3) is 5.03. The fraction of sp³-hybridized carbons (Fsp3) is 0.455. The Hall–Kier alpha value is -2.61. The summed E-state index contributed by atoms with van der Waals surface area (Å²) >= 11 is 0. The zero-order chi connectivity index (χ0) is 27.1. The molecule has 3 aromatic carbocycles. The molecule has 1 nitrogen and oxygen atoms in total. The largest absolute Gasteiger partial charge is 0.355 e. The second-order valence-corrected chi connectivity index (χ2v) is 10.6. The van der Waals surface area contributed by atoms with Gasteiger partial charge in [0.05, 0.1) is 0 Å². The van der Waals surface area contributed by atoms with Gasteiger partial charge >= 0.3 is 0 Å². The first-order chi connectivity index (χ1) is 16.1. The Labute approximate surface area is 214 Å². The molecule has 35 heavy (non-hydrogen) atoms. The summed E-state index contributed by atoms with van der Waals surface area (Å²) in [7, 11) is 0. The molecule has 0 spiro atoms. The van der Waals surface area contributed by atoms with Crippen molar-refractivity contribution in [3.8, 4) is 0 Å². The van der Waals surface area contributed by atoms with Gasteiger partial charge in [0.15, 0.2) is 0 Å². The molecule has 0 atom stereocenters. The topological polar surface area (TPSA) is 12.0 Å². The standard InChI is InChI=1S/C22H31N.C11H15F/c1-11-13(3)17(7)21(18(8)14(11)4)23-22-19(9)15(5)12(2)16(6)20(22)10;1-6-7(2)9(4)11(12)10(5)8(6)3/h23H,1-10H3;1-5H3. The molecule has 0 heterocycles. The fourth-order valence-corrected chi connectivity index (χ4v) is 4.95. The predicted octanol–water partition coefficient (Wildman–Crippen LogP) is 9.88. The Bertz CT molecular complexity index is 1080. The number of halogens is 1. The molecule has 0 aliphatic heterocycles. The first-order valence-corrected chi connectivity index (χ1v) is 12.7. The highest BCUT2D eigenvalue weighted by atomic mass is 19.1. The van der Waals surface area contributed by atoms with Gasteiger partial charge in [-0.25, -0.2) is 4.39 Å². The van der Waals surface area contributed by atoms with Crippen LogP contribution >= 0.6 is 0 Å². The molecule has 0 aromatic heterocycles. The number of anilines is 2. The number of benzene rings is 3. The van der Waals surface area contributed by atoms with Gasteiger partial charge in [0.25, 0.3) is 0 Å². The van der Waals surface area contributed by atoms with Gasteiger partial charge in [0.2, 0.25) is 0 Å². The number of hydrogen-bond donors (Lipinski definition) is 1. The zero-order valence-corrected chi connectivity index (χ0v) is 24.9. The lowest BCUT2D eigenvalue weighted by Gasteiger charge is -2.24. The van der Waals surface area contributed by atoms with Crippen LogP contribution in [0.2, 0.25) is 0 Å². The first kappa shape index (κ1) is 28.6. The average Bonchev–Trinajstić information content (AvgIpc) is 2.84. The average molecular weight is 476 g/mol. The monoisotopic (exact) mass is 475 g/mol. The smallest absolute Gasteiger partial charge is 0.129 e. The van der Waals surface area contributed by atoms with Crippen LogP contribution in [0, 0.1) is 110 Å². The van der Waals surface area contributed by atoms with Gasteiger partial charge in [-0.2, -0.15) is 0 Å². The highest BCUT2D eigenvalue weighted by Gasteiger charge is 2.17. The van der Waals surface area contributed by atoms with Gasteiger partial charge in [0, 0.05) is 11.4 Å². The second-order valence-electron chi connectivity index (χ2n) is 10.6. The molecular weight excluding hydrogens is 429 g/mol. The minimum atomic E-state index is -0.0457. The van der Waals surface area contributed by atoms with E-state index in [0.29, 0.717) is 0 Å². The van der Waals surface area contributed by atoms with E-state index in [1.807, 2.05) is 34.6 Å². The van der Waals surface area contributed by atoms with Crippen molar-refractivity contribution in [2.75, 3.05) is 5.32 Å². The molecule has 3 rings (SSSR count). The number of nitrogens with one attached hydrogen (secondary N) is 1. The van der Waals surface area contributed by atoms with Gasteiger partial charge in [-0.1, -0.05) is 0 Å². The van der Waals surface area contributed by atoms with Crippen molar-refractivity contribution in [1.29, 1.82) is 0 Å². The summed E-state index contributed by atoms with van der Waals surface area (Å²) in [5.41, 5.74) is 21.4. The third-order valence-electron chi connectivity index (χ3n) is 9.16. The normalized spacial score (nSPS) is 10.9. The molecule has 1 N–H and O–H groups in total. The molecule has 0 amide bonds. The molecule has 0 saturated heterocycles. The van der Waals surface area contributed by atoms with Gasteiger partial charge < -0.3 is 5.32 Å². The van der Waals surface area contributed by atoms with E-state index < -0.39 is 0 Å². The molecule has 0 bridgehead atoms. The lowest BCUT2D eigenvalue weighted by molar-refractivity contribution is 0.605. The predicted molar refractivity (Wildman–Crippen MR) is 154 cm³/mol. The minimum absolute atomic E-state index is 0.0457. The molecule has 0 aliphatic carbocycles. The molecule has 3 aromatic rings. The van der Waals surface area contributed by atoms with E-state index in [1.165, 1.54) is 72.6 Å². The molecule has 190 valence electrons. The summed E-state index contributed by atoms with van der Waals surface area (Å²) in [4.78, 5) is 0. The van der Waals surface area contributed by atoms with E-state index in [0.717, 1.165) is 22.3 Å². The van der Waals surface area contributed by atoms with Crippen LogP contribution in [0.3, 0.4) is 0 Å². The summed E-state index contributed by atoms with van der Waals surface area (Å²) in [6, 6.07) is 0. The molecule has 0 unspecified atom stereocenters. The van der Waals surface area contributed by atoms with E-state index in [2.05, 4.69) is 74.6 Å². The lowest BCUT2D eigenvalue weighted by Crippen LogP contribution is -2.07. The maximum absolute atomic E-state index is 13.4. The summed E-state index contributed by atoms with van der Waals surface area (Å²) in [6.45, 7) is 32.0. The van der Waals surface area contributed by atoms with Crippen molar-refractivity contribution in [1.82, 2.24) is 0 Å². The summed E-state index contributed by atoms with van der Waals surface area (Å²) in [5, 5.41) is 3.79. The van der Waals surface area contributed by atoms with Gasteiger partial charge in [-0.3, -0.25) is 0 Å². The summed E-state index contributed by atoms with van der Waals surface area (Å²) in [5.74, 6) is -0.0457. The number of rotatable bonds is 2. The molecule has 0 radical (unpaired) electrons. The highest BCUT2D eigenvalue weighted by Crippen LogP contribution is 2.37. The van der Waals surface area contributed by atoms with E-state index >= 15 is 0 Å². The van der Waals surface area contributed by atoms with Crippen LogP contribution in [0.1, 0.15) is 83.5 Å². The minimum Gasteiger partial charge on any atom is -0.355 e. The Morgan fingerprint density at radius 2 is 0.457 bits per heavy atom. The molecule has 2 heteroatoms. The Morgan fingerprint density at radius 1 is 0.286 bits per heavy atom. The van der Waals surface area contributed by atoms with E-state index in [4.69, 9.17) is 0 Å². The lowest BCUT2D eigenvalue weighted by atomic mass is 9.90. The Morgan fingerprint density at radius 3 is 0.686 bits per heavy atom. The molecular formula is C33H46FN. The van der Waals surface area contributed by atoms with Crippen LogP contribution in [0.25, 0.3) is 0 Å². The van der Waals surface area contributed by atoms with Crippen LogP contribution < -0.4 is 5.32 Å². The molecule has 0 aliphatic rings. The van der Waals surface area contributed by atoms with Crippen LogP contribution in [0.5, 0.6) is 0 Å². The number of hydrogen-bond acceptors (Lipinski definition) is 1.